The molecular weight excluding hydrogens is 339 g/mol. The molecule has 0 fully saturated rings. The molecule has 1 aliphatic rings. The molecule has 1 atom stereocenters. The molecule has 4 heteroatoms. The standard InChI is InChI=1S/C23H23FN2O/c1-2-3-12-21-23-19(25-26(21)20-13-8-7-11-18(20)24)14-17(15-22(23)27)16-9-5-4-6-10-16/h4-11,13,17H,2-3,12,14-15H2,1H3. The van der Waals surface area contributed by atoms with Gasteiger partial charge in [-0.25, -0.2) is 9.07 Å². The minimum absolute atomic E-state index is 0.124. The molecule has 1 unspecified atom stereocenters. The molecule has 0 radical (unpaired) electrons. The predicted octanol–water partition coefficient (Wildman–Crippen LogP) is 5.27. The van der Waals surface area contributed by atoms with Crippen LogP contribution in [0.4, 0.5) is 4.39 Å². The van der Waals surface area contributed by atoms with E-state index in [2.05, 4.69) is 19.1 Å². The van der Waals surface area contributed by atoms with Gasteiger partial charge in [-0.2, -0.15) is 5.10 Å². The Balaban J connectivity index is 1.80. The lowest BCUT2D eigenvalue weighted by Gasteiger charge is -2.21. The second-order valence-electron chi connectivity index (χ2n) is 7.17. The molecule has 1 heterocycles. The number of para-hydroxylation sites is 1. The van der Waals surface area contributed by atoms with E-state index in [0.717, 1.165) is 41.8 Å². The number of hydrogen-bond donors (Lipinski definition) is 0. The summed E-state index contributed by atoms with van der Waals surface area (Å²) in [5, 5.41) is 4.72. The Morgan fingerprint density at radius 3 is 2.56 bits per heavy atom. The van der Waals surface area contributed by atoms with Crippen molar-refractivity contribution >= 4 is 5.78 Å². The number of hydrogen-bond acceptors (Lipinski definition) is 2. The van der Waals surface area contributed by atoms with E-state index >= 15 is 0 Å². The summed E-state index contributed by atoms with van der Waals surface area (Å²) >= 11 is 0. The monoisotopic (exact) mass is 362 g/mol. The van der Waals surface area contributed by atoms with Crippen LogP contribution >= 0.6 is 0 Å². The van der Waals surface area contributed by atoms with Gasteiger partial charge in [0.2, 0.25) is 0 Å². The lowest BCUT2D eigenvalue weighted by molar-refractivity contribution is 0.0963. The fourth-order valence-corrected chi connectivity index (χ4v) is 3.96. The van der Waals surface area contributed by atoms with Gasteiger partial charge >= 0.3 is 0 Å². The van der Waals surface area contributed by atoms with Crippen molar-refractivity contribution in [3.63, 3.8) is 0 Å². The van der Waals surface area contributed by atoms with E-state index in [1.165, 1.54) is 6.07 Å². The van der Waals surface area contributed by atoms with Gasteiger partial charge in [0.1, 0.15) is 11.5 Å². The summed E-state index contributed by atoms with van der Waals surface area (Å²) in [6, 6.07) is 16.7. The van der Waals surface area contributed by atoms with Crippen molar-refractivity contribution in [3.05, 3.63) is 82.9 Å². The number of halogens is 1. The topological polar surface area (TPSA) is 34.9 Å². The summed E-state index contributed by atoms with van der Waals surface area (Å²) in [6.45, 7) is 2.11. The first-order chi connectivity index (χ1) is 13.2. The predicted molar refractivity (Wildman–Crippen MR) is 104 cm³/mol. The van der Waals surface area contributed by atoms with Crippen LogP contribution in [0, 0.1) is 5.82 Å². The zero-order valence-corrected chi connectivity index (χ0v) is 15.5. The summed E-state index contributed by atoms with van der Waals surface area (Å²) in [5.41, 5.74) is 3.95. The number of carbonyl (C=O) groups is 1. The molecule has 0 aliphatic heterocycles. The molecule has 0 saturated heterocycles. The maximum absolute atomic E-state index is 14.4. The first-order valence-electron chi connectivity index (χ1n) is 9.62. The summed E-state index contributed by atoms with van der Waals surface area (Å²) in [5.74, 6) is -0.0601. The summed E-state index contributed by atoms with van der Waals surface area (Å²) in [4.78, 5) is 13.0. The number of Topliss-reactive ketones (excluding diaryl/α,β-unsaturated/α-hetero) is 1. The van der Waals surface area contributed by atoms with E-state index in [-0.39, 0.29) is 17.5 Å². The Morgan fingerprint density at radius 1 is 1.07 bits per heavy atom. The molecule has 0 saturated carbocycles. The third kappa shape index (κ3) is 3.32. The summed E-state index contributed by atoms with van der Waals surface area (Å²) in [6.07, 6.45) is 3.89. The largest absolute Gasteiger partial charge is 0.294 e. The van der Waals surface area contributed by atoms with E-state index in [4.69, 9.17) is 5.10 Å². The fraction of sp³-hybridized carbons (Fsp3) is 0.304. The minimum Gasteiger partial charge on any atom is -0.294 e. The van der Waals surface area contributed by atoms with Gasteiger partial charge in [0.25, 0.3) is 0 Å². The van der Waals surface area contributed by atoms with Crippen molar-refractivity contribution in [1.82, 2.24) is 9.78 Å². The van der Waals surface area contributed by atoms with Gasteiger partial charge in [-0.3, -0.25) is 4.79 Å². The van der Waals surface area contributed by atoms with E-state index < -0.39 is 0 Å². The molecule has 1 aliphatic carbocycles. The molecule has 0 bridgehead atoms. The van der Waals surface area contributed by atoms with Crippen molar-refractivity contribution in [2.75, 3.05) is 0 Å². The van der Waals surface area contributed by atoms with Crippen molar-refractivity contribution in [3.8, 4) is 5.69 Å². The molecule has 138 valence electrons. The summed E-state index contributed by atoms with van der Waals surface area (Å²) < 4.78 is 16.1. The minimum atomic E-state index is -0.317. The van der Waals surface area contributed by atoms with Gasteiger partial charge in [-0.15, -0.1) is 0 Å². The zero-order chi connectivity index (χ0) is 18.8. The Labute approximate surface area is 158 Å². The first-order valence-corrected chi connectivity index (χ1v) is 9.62. The van der Waals surface area contributed by atoms with Crippen LogP contribution in [-0.2, 0) is 12.8 Å². The van der Waals surface area contributed by atoms with Crippen molar-refractivity contribution < 1.29 is 9.18 Å². The lowest BCUT2D eigenvalue weighted by Crippen LogP contribution is -2.19. The zero-order valence-electron chi connectivity index (χ0n) is 15.5. The molecule has 1 aromatic heterocycles. The van der Waals surface area contributed by atoms with E-state index in [1.54, 1.807) is 22.9 Å². The molecule has 3 aromatic rings. The summed E-state index contributed by atoms with van der Waals surface area (Å²) in [7, 11) is 0. The quantitative estimate of drug-likeness (QED) is 0.620. The van der Waals surface area contributed by atoms with E-state index in [1.807, 2.05) is 18.2 Å². The molecule has 27 heavy (non-hydrogen) atoms. The Kier molecular flexibility index (Phi) is 4.88. The third-order valence-electron chi connectivity index (χ3n) is 5.32. The number of ketones is 1. The highest BCUT2D eigenvalue weighted by Crippen LogP contribution is 2.35. The molecular formula is C23H23FN2O. The highest BCUT2D eigenvalue weighted by molar-refractivity contribution is 6.00. The fourth-order valence-electron chi connectivity index (χ4n) is 3.96. The Morgan fingerprint density at radius 2 is 1.81 bits per heavy atom. The normalized spacial score (nSPS) is 16.4. The van der Waals surface area contributed by atoms with Crippen LogP contribution in [-0.4, -0.2) is 15.6 Å². The van der Waals surface area contributed by atoms with Crippen LogP contribution in [0.15, 0.2) is 54.6 Å². The maximum Gasteiger partial charge on any atom is 0.167 e. The Hall–Kier alpha value is -2.75. The number of unbranched alkanes of at least 4 members (excludes halogenated alkanes) is 1. The molecule has 0 spiro atoms. The Bertz CT molecular complexity index is 962. The second-order valence-corrected chi connectivity index (χ2v) is 7.17. The van der Waals surface area contributed by atoms with Crippen LogP contribution in [0.2, 0.25) is 0 Å². The van der Waals surface area contributed by atoms with Gasteiger partial charge in [0.15, 0.2) is 5.78 Å². The highest BCUT2D eigenvalue weighted by atomic mass is 19.1. The van der Waals surface area contributed by atoms with Crippen LogP contribution in [0.5, 0.6) is 0 Å². The number of aromatic nitrogens is 2. The highest BCUT2D eigenvalue weighted by Gasteiger charge is 2.33. The molecule has 2 aromatic carbocycles. The first kappa shape index (κ1) is 17.7. The molecule has 0 amide bonds. The van der Waals surface area contributed by atoms with E-state index in [9.17, 15) is 9.18 Å². The van der Waals surface area contributed by atoms with Gasteiger partial charge in [-0.05, 0) is 42.9 Å². The molecule has 3 nitrogen and oxygen atoms in total. The van der Waals surface area contributed by atoms with Gasteiger partial charge in [0, 0.05) is 6.42 Å². The number of benzene rings is 2. The smallest absolute Gasteiger partial charge is 0.167 e. The lowest BCUT2D eigenvalue weighted by atomic mass is 9.81. The average Bonchev–Trinajstić information content (AvgIpc) is 3.06. The van der Waals surface area contributed by atoms with E-state index in [0.29, 0.717) is 18.5 Å². The number of carbonyl (C=O) groups excluding carboxylic acids is 1. The maximum atomic E-state index is 14.4. The van der Waals surface area contributed by atoms with Crippen molar-refractivity contribution in [2.24, 2.45) is 0 Å². The van der Waals surface area contributed by atoms with Crippen molar-refractivity contribution in [1.29, 1.82) is 0 Å². The second kappa shape index (κ2) is 7.47. The van der Waals surface area contributed by atoms with Gasteiger partial charge < -0.3 is 0 Å². The SMILES string of the molecule is CCCCc1c2c(nn1-c1ccccc1F)CC(c1ccccc1)CC2=O. The van der Waals surface area contributed by atoms with Crippen LogP contribution in [0.1, 0.15) is 59.4 Å². The van der Waals surface area contributed by atoms with Crippen molar-refractivity contribution in [2.45, 2.75) is 44.9 Å². The van der Waals surface area contributed by atoms with Crippen LogP contribution < -0.4 is 0 Å². The molecule has 4 rings (SSSR count). The van der Waals surface area contributed by atoms with Gasteiger partial charge in [0.05, 0.1) is 17.0 Å². The third-order valence-corrected chi connectivity index (χ3v) is 5.32. The average molecular weight is 362 g/mol. The van der Waals surface area contributed by atoms with Gasteiger partial charge in [-0.1, -0.05) is 55.8 Å². The molecule has 0 N–H and O–H groups in total. The number of nitrogens with zero attached hydrogens (tertiary/aromatic N) is 2. The van der Waals surface area contributed by atoms with Crippen LogP contribution in [0.25, 0.3) is 5.69 Å². The number of rotatable bonds is 5. The van der Waals surface area contributed by atoms with Crippen LogP contribution in [0.3, 0.4) is 0 Å². The number of fused-ring (bicyclic) bond motifs is 1.